The number of ether oxygens (including phenoxy) is 1. The van der Waals surface area contributed by atoms with Crippen LogP contribution in [0.2, 0.25) is 0 Å². The number of carbonyl (C=O) groups excluding carboxylic acids is 1. The second-order valence-electron chi connectivity index (χ2n) is 4.92. The van der Waals surface area contributed by atoms with Gasteiger partial charge in [-0.1, -0.05) is 15.5 Å². The van der Waals surface area contributed by atoms with Gasteiger partial charge in [-0.15, -0.1) is 5.10 Å². The highest BCUT2D eigenvalue weighted by molar-refractivity contribution is 5.88. The van der Waals surface area contributed by atoms with E-state index in [9.17, 15) is 4.79 Å². The number of nitrogens with zero attached hydrogens (tertiary/aromatic N) is 5. The van der Waals surface area contributed by atoms with Crippen molar-refractivity contribution >= 4 is 5.97 Å². The van der Waals surface area contributed by atoms with Gasteiger partial charge in [-0.05, 0) is 26.3 Å². The molecule has 0 aromatic carbocycles. The van der Waals surface area contributed by atoms with Crippen LogP contribution in [-0.4, -0.2) is 44.9 Å². The van der Waals surface area contributed by atoms with E-state index in [4.69, 9.17) is 4.74 Å². The van der Waals surface area contributed by atoms with Crippen LogP contribution in [0.3, 0.4) is 0 Å². The summed E-state index contributed by atoms with van der Waals surface area (Å²) in [7, 11) is 1.33. The van der Waals surface area contributed by atoms with Crippen molar-refractivity contribution in [2.45, 2.75) is 32.4 Å². The number of hydrogen-bond acceptors (Lipinski definition) is 8. The van der Waals surface area contributed by atoms with Gasteiger partial charge < -0.3 is 10.1 Å². The molecule has 21 heavy (non-hydrogen) atoms. The number of nitrogens with one attached hydrogen (secondary N) is 1. The minimum absolute atomic E-state index is 0.0364. The van der Waals surface area contributed by atoms with Crippen molar-refractivity contribution in [3.05, 3.63) is 22.8 Å². The number of aromatic nitrogens is 5. The van der Waals surface area contributed by atoms with E-state index in [1.807, 2.05) is 0 Å². The molecule has 2 aromatic heterocycles. The van der Waals surface area contributed by atoms with Gasteiger partial charge in [-0.25, -0.2) is 14.1 Å². The van der Waals surface area contributed by atoms with Crippen molar-refractivity contribution < 1.29 is 14.2 Å². The minimum atomic E-state index is -0.486. The van der Waals surface area contributed by atoms with Crippen LogP contribution in [0.5, 0.6) is 0 Å². The third-order valence-electron chi connectivity index (χ3n) is 3.59. The zero-order valence-electron chi connectivity index (χ0n) is 11.9. The standard InChI is InChI=1S/C12H16N6O3/c1-7-9(16-21-15-7)6-18-11(8-4-3-5-13-8)10(14-17-18)12(19)20-2/h8,13H,3-6H2,1-2H3. The summed E-state index contributed by atoms with van der Waals surface area (Å²) in [6, 6.07) is 0.0364. The summed E-state index contributed by atoms with van der Waals surface area (Å²) in [6.45, 7) is 3.06. The van der Waals surface area contributed by atoms with E-state index in [1.165, 1.54) is 7.11 Å². The Morgan fingerprint density at radius 1 is 1.52 bits per heavy atom. The van der Waals surface area contributed by atoms with Crippen LogP contribution < -0.4 is 5.32 Å². The number of rotatable bonds is 4. The maximum absolute atomic E-state index is 11.9. The normalized spacial score (nSPS) is 18.1. The number of esters is 1. The summed E-state index contributed by atoms with van der Waals surface area (Å²) >= 11 is 0. The van der Waals surface area contributed by atoms with E-state index in [1.54, 1.807) is 11.6 Å². The molecular weight excluding hydrogens is 276 g/mol. The molecule has 0 bridgehead atoms. The largest absolute Gasteiger partial charge is 0.464 e. The summed E-state index contributed by atoms with van der Waals surface area (Å²) in [6.07, 6.45) is 1.97. The predicted molar refractivity (Wildman–Crippen MR) is 69.5 cm³/mol. The molecule has 1 aliphatic heterocycles. The van der Waals surface area contributed by atoms with Gasteiger partial charge in [0, 0.05) is 0 Å². The van der Waals surface area contributed by atoms with Gasteiger partial charge in [-0.2, -0.15) is 0 Å². The molecule has 9 heteroatoms. The zero-order chi connectivity index (χ0) is 14.8. The number of carbonyl (C=O) groups is 1. The van der Waals surface area contributed by atoms with Crippen LogP contribution >= 0.6 is 0 Å². The highest BCUT2D eigenvalue weighted by atomic mass is 16.6. The molecule has 2 aromatic rings. The van der Waals surface area contributed by atoms with Crippen LogP contribution in [0.4, 0.5) is 0 Å². The first-order valence-electron chi connectivity index (χ1n) is 6.74. The average molecular weight is 292 g/mol. The lowest BCUT2D eigenvalue weighted by Gasteiger charge is -2.13. The Morgan fingerprint density at radius 2 is 2.38 bits per heavy atom. The molecule has 0 aliphatic carbocycles. The van der Waals surface area contributed by atoms with Gasteiger partial charge in [0.2, 0.25) is 0 Å². The first-order valence-corrected chi connectivity index (χ1v) is 6.74. The number of aryl methyl sites for hydroxylation is 1. The van der Waals surface area contributed by atoms with Gasteiger partial charge in [0.1, 0.15) is 11.4 Å². The molecule has 1 saturated heterocycles. The van der Waals surface area contributed by atoms with Gasteiger partial charge in [0.15, 0.2) is 5.69 Å². The number of hydrogen-bond donors (Lipinski definition) is 1. The first-order chi connectivity index (χ1) is 10.2. The molecule has 0 spiro atoms. The lowest BCUT2D eigenvalue weighted by atomic mass is 10.1. The van der Waals surface area contributed by atoms with Crippen LogP contribution in [0.25, 0.3) is 0 Å². The molecule has 1 unspecified atom stereocenters. The lowest BCUT2D eigenvalue weighted by molar-refractivity contribution is 0.0591. The van der Waals surface area contributed by atoms with Crippen molar-refractivity contribution in [3.63, 3.8) is 0 Å². The molecule has 1 aliphatic rings. The summed E-state index contributed by atoms with van der Waals surface area (Å²) in [5, 5.41) is 19.0. The van der Waals surface area contributed by atoms with Crippen LogP contribution in [0.1, 0.15) is 46.5 Å². The maximum Gasteiger partial charge on any atom is 0.360 e. The molecule has 1 fully saturated rings. The summed E-state index contributed by atoms with van der Waals surface area (Å²) in [4.78, 5) is 11.9. The van der Waals surface area contributed by atoms with Gasteiger partial charge in [0.05, 0.1) is 25.4 Å². The predicted octanol–water partition coefficient (Wildman–Crippen LogP) is 0.229. The molecule has 1 atom stereocenters. The minimum Gasteiger partial charge on any atom is -0.464 e. The molecule has 3 rings (SSSR count). The van der Waals surface area contributed by atoms with Crippen LogP contribution in [-0.2, 0) is 11.3 Å². The van der Waals surface area contributed by atoms with Gasteiger partial charge in [0.25, 0.3) is 0 Å². The molecule has 3 heterocycles. The topological polar surface area (TPSA) is 108 Å². The van der Waals surface area contributed by atoms with E-state index in [0.717, 1.165) is 25.1 Å². The SMILES string of the molecule is COC(=O)c1nnn(Cc2nonc2C)c1C1CCCN1. The van der Waals surface area contributed by atoms with Crippen molar-refractivity contribution in [1.82, 2.24) is 30.6 Å². The first kappa shape index (κ1) is 13.7. The summed E-state index contributed by atoms with van der Waals surface area (Å²) in [5.74, 6) is -0.486. The number of methoxy groups -OCH3 is 1. The van der Waals surface area contributed by atoms with E-state index in [-0.39, 0.29) is 11.7 Å². The zero-order valence-corrected chi connectivity index (χ0v) is 11.9. The Balaban J connectivity index is 1.97. The van der Waals surface area contributed by atoms with Gasteiger partial charge >= 0.3 is 5.97 Å². The fraction of sp³-hybridized carbons (Fsp3) is 0.583. The Hall–Kier alpha value is -2.29. The Morgan fingerprint density at radius 3 is 3.00 bits per heavy atom. The van der Waals surface area contributed by atoms with Crippen LogP contribution in [0, 0.1) is 6.92 Å². The van der Waals surface area contributed by atoms with Crippen molar-refractivity contribution in [1.29, 1.82) is 0 Å². The molecule has 0 saturated carbocycles. The van der Waals surface area contributed by atoms with Crippen LogP contribution in [0.15, 0.2) is 4.63 Å². The fourth-order valence-electron chi connectivity index (χ4n) is 2.48. The second kappa shape index (κ2) is 5.60. The highest BCUT2D eigenvalue weighted by Gasteiger charge is 2.29. The Labute approximate surface area is 120 Å². The van der Waals surface area contributed by atoms with E-state index < -0.39 is 5.97 Å². The lowest BCUT2D eigenvalue weighted by Crippen LogP contribution is -2.21. The molecule has 9 nitrogen and oxygen atoms in total. The molecule has 1 N–H and O–H groups in total. The Kier molecular flexibility index (Phi) is 3.65. The molecule has 0 radical (unpaired) electrons. The van der Waals surface area contributed by atoms with Crippen molar-refractivity contribution in [3.8, 4) is 0 Å². The second-order valence-corrected chi connectivity index (χ2v) is 4.92. The highest BCUT2D eigenvalue weighted by Crippen LogP contribution is 2.26. The summed E-state index contributed by atoms with van der Waals surface area (Å²) < 4.78 is 11.1. The van der Waals surface area contributed by atoms with E-state index >= 15 is 0 Å². The average Bonchev–Trinajstić information content (AvgIpc) is 3.20. The molecule has 112 valence electrons. The van der Waals surface area contributed by atoms with Crippen molar-refractivity contribution in [2.24, 2.45) is 0 Å². The fourth-order valence-corrected chi connectivity index (χ4v) is 2.48. The van der Waals surface area contributed by atoms with Gasteiger partial charge in [-0.3, -0.25) is 0 Å². The quantitative estimate of drug-likeness (QED) is 0.798. The summed E-state index contributed by atoms with van der Waals surface area (Å²) in [5.41, 5.74) is 2.32. The smallest absolute Gasteiger partial charge is 0.360 e. The Bertz CT molecular complexity index is 643. The monoisotopic (exact) mass is 292 g/mol. The molecular formula is C12H16N6O3. The van der Waals surface area contributed by atoms with E-state index in [0.29, 0.717) is 17.9 Å². The third-order valence-corrected chi connectivity index (χ3v) is 3.59. The molecule has 0 amide bonds. The van der Waals surface area contributed by atoms with E-state index in [2.05, 4.69) is 30.6 Å². The third kappa shape index (κ3) is 2.51. The van der Waals surface area contributed by atoms with Crippen molar-refractivity contribution in [2.75, 3.05) is 13.7 Å². The maximum atomic E-state index is 11.9.